The number of carbonyl (C=O) groups excluding carboxylic acids is 2. The number of benzene rings is 1. The van der Waals surface area contributed by atoms with E-state index >= 15 is 0 Å². The molecule has 134 valence electrons. The number of β-amino-alcohol motifs (C(OH)–C–C–N with tert-alkyl or cyclic N) is 1. The molecule has 0 aliphatic carbocycles. The van der Waals surface area contributed by atoms with Crippen LogP contribution in [0, 0.1) is 5.92 Å². The molecule has 3 N–H and O–H groups in total. The highest BCUT2D eigenvalue weighted by Crippen LogP contribution is 2.20. The van der Waals surface area contributed by atoms with E-state index < -0.39 is 6.10 Å². The Morgan fingerprint density at radius 3 is 2.92 bits per heavy atom. The van der Waals surface area contributed by atoms with Crippen LogP contribution in [0.4, 0.5) is 4.79 Å². The van der Waals surface area contributed by atoms with Gasteiger partial charge in [-0.2, -0.15) is 5.10 Å². The Balaban J connectivity index is 1.55. The fourth-order valence-corrected chi connectivity index (χ4v) is 3.15. The number of nitrogens with zero attached hydrogens (tertiary/aromatic N) is 3. The molecule has 0 bridgehead atoms. The van der Waals surface area contributed by atoms with Crippen LogP contribution in [0.2, 0.25) is 0 Å². The summed E-state index contributed by atoms with van der Waals surface area (Å²) in [7, 11) is 3.43. The molecule has 0 unspecified atom stereocenters. The van der Waals surface area contributed by atoms with E-state index in [9.17, 15) is 14.7 Å². The smallest absolute Gasteiger partial charge is 0.317 e. The van der Waals surface area contributed by atoms with Crippen LogP contribution in [0.25, 0.3) is 10.9 Å². The summed E-state index contributed by atoms with van der Waals surface area (Å²) in [5.74, 6) is -0.356. The molecule has 1 saturated heterocycles. The Kier molecular flexibility index (Phi) is 4.89. The summed E-state index contributed by atoms with van der Waals surface area (Å²) in [6.45, 7) is 1.00. The minimum Gasteiger partial charge on any atom is -0.391 e. The Hall–Kier alpha value is -2.61. The fraction of sp³-hybridized carbons (Fsp3) is 0.471. The van der Waals surface area contributed by atoms with Gasteiger partial charge in [0.2, 0.25) is 5.91 Å². The summed E-state index contributed by atoms with van der Waals surface area (Å²) in [4.78, 5) is 25.3. The van der Waals surface area contributed by atoms with Crippen LogP contribution in [-0.4, -0.2) is 58.0 Å². The molecule has 1 fully saturated rings. The molecule has 25 heavy (non-hydrogen) atoms. The number of hydrogen-bond donors (Lipinski definition) is 3. The first-order valence-electron chi connectivity index (χ1n) is 8.30. The second kappa shape index (κ2) is 7.10. The van der Waals surface area contributed by atoms with Gasteiger partial charge >= 0.3 is 6.03 Å². The van der Waals surface area contributed by atoms with Gasteiger partial charge in [0.15, 0.2) is 0 Å². The van der Waals surface area contributed by atoms with Crippen molar-refractivity contribution in [3.8, 4) is 0 Å². The number of fused-ring (bicyclic) bond motifs is 1. The van der Waals surface area contributed by atoms with E-state index in [-0.39, 0.29) is 30.8 Å². The largest absolute Gasteiger partial charge is 0.391 e. The second-order valence-corrected chi connectivity index (χ2v) is 6.46. The van der Waals surface area contributed by atoms with Gasteiger partial charge in [-0.1, -0.05) is 12.1 Å². The minimum atomic E-state index is -0.673. The highest BCUT2D eigenvalue weighted by molar-refractivity contribution is 5.79. The highest BCUT2D eigenvalue weighted by Gasteiger charge is 2.34. The summed E-state index contributed by atoms with van der Waals surface area (Å²) in [5, 5.41) is 20.9. The summed E-state index contributed by atoms with van der Waals surface area (Å²) in [6.07, 6.45) is 1.49. The monoisotopic (exact) mass is 345 g/mol. The molecule has 2 aromatic rings. The standard InChI is InChI=1S/C17H23N5O3/c1-18-16(24)6-13-9-22(10-15(13)23)17(25)19-7-11-3-4-12-8-21(2)20-14(12)5-11/h3-5,8,13,15,23H,6-7,9-10H2,1-2H3,(H,18,24)(H,19,25)/t13-,15-/m1/s1. The van der Waals surface area contributed by atoms with Gasteiger partial charge < -0.3 is 20.6 Å². The number of amides is 3. The molecule has 0 saturated carbocycles. The molecule has 3 amide bonds. The zero-order chi connectivity index (χ0) is 18.0. The lowest BCUT2D eigenvalue weighted by Gasteiger charge is -2.17. The number of aryl methyl sites for hydroxylation is 1. The van der Waals surface area contributed by atoms with Crippen molar-refractivity contribution in [1.82, 2.24) is 25.3 Å². The van der Waals surface area contributed by atoms with E-state index in [1.807, 2.05) is 31.4 Å². The first kappa shape index (κ1) is 17.2. The number of likely N-dealkylation sites (tertiary alicyclic amines) is 1. The van der Waals surface area contributed by atoms with E-state index in [0.717, 1.165) is 16.5 Å². The van der Waals surface area contributed by atoms with Gasteiger partial charge in [-0.15, -0.1) is 0 Å². The Bertz CT molecular complexity index is 788. The van der Waals surface area contributed by atoms with Crippen LogP contribution in [0.5, 0.6) is 0 Å². The molecule has 3 rings (SSSR count). The van der Waals surface area contributed by atoms with E-state index in [2.05, 4.69) is 15.7 Å². The van der Waals surface area contributed by atoms with Crippen molar-refractivity contribution in [2.75, 3.05) is 20.1 Å². The maximum absolute atomic E-state index is 12.3. The summed E-state index contributed by atoms with van der Waals surface area (Å²) in [6, 6.07) is 5.64. The number of urea groups is 1. The van der Waals surface area contributed by atoms with E-state index in [0.29, 0.717) is 13.1 Å². The molecular formula is C17H23N5O3. The first-order chi connectivity index (χ1) is 12.0. The predicted octanol–water partition coefficient (Wildman–Crippen LogP) is 0.212. The zero-order valence-electron chi connectivity index (χ0n) is 14.4. The SMILES string of the molecule is CNC(=O)C[C@@H]1CN(C(=O)NCc2ccc3cn(C)nc3c2)C[C@H]1O. The van der Waals surface area contributed by atoms with Gasteiger partial charge in [-0.05, 0) is 11.6 Å². The Morgan fingerprint density at radius 2 is 2.16 bits per heavy atom. The van der Waals surface area contributed by atoms with Crippen molar-refractivity contribution in [3.63, 3.8) is 0 Å². The molecule has 2 atom stereocenters. The van der Waals surface area contributed by atoms with Crippen molar-refractivity contribution in [2.24, 2.45) is 13.0 Å². The van der Waals surface area contributed by atoms with Crippen LogP contribution < -0.4 is 10.6 Å². The van der Waals surface area contributed by atoms with Crippen LogP contribution >= 0.6 is 0 Å². The lowest BCUT2D eigenvalue weighted by Crippen LogP contribution is -2.38. The maximum Gasteiger partial charge on any atom is 0.317 e. The van der Waals surface area contributed by atoms with Crippen molar-refractivity contribution in [1.29, 1.82) is 0 Å². The number of rotatable bonds is 4. The van der Waals surface area contributed by atoms with Gasteiger partial charge in [-0.3, -0.25) is 9.48 Å². The number of aromatic nitrogens is 2. The van der Waals surface area contributed by atoms with Gasteiger partial charge in [-0.25, -0.2) is 4.79 Å². The van der Waals surface area contributed by atoms with Gasteiger partial charge in [0.25, 0.3) is 0 Å². The van der Waals surface area contributed by atoms with E-state index in [4.69, 9.17) is 0 Å². The van der Waals surface area contributed by atoms with E-state index in [1.165, 1.54) is 0 Å². The topological polar surface area (TPSA) is 99.5 Å². The molecule has 1 aliphatic rings. The molecule has 2 heterocycles. The fourth-order valence-electron chi connectivity index (χ4n) is 3.15. The molecule has 1 aliphatic heterocycles. The lowest BCUT2D eigenvalue weighted by atomic mass is 10.0. The molecule has 0 spiro atoms. The summed E-state index contributed by atoms with van der Waals surface area (Å²) < 4.78 is 1.76. The lowest BCUT2D eigenvalue weighted by molar-refractivity contribution is -0.122. The van der Waals surface area contributed by atoms with Crippen LogP contribution in [-0.2, 0) is 18.4 Å². The minimum absolute atomic E-state index is 0.130. The summed E-state index contributed by atoms with van der Waals surface area (Å²) >= 11 is 0. The third-order valence-corrected chi connectivity index (χ3v) is 4.55. The Labute approximate surface area is 145 Å². The number of nitrogens with one attached hydrogen (secondary N) is 2. The van der Waals surface area contributed by atoms with Crippen molar-refractivity contribution in [3.05, 3.63) is 30.0 Å². The molecule has 1 aromatic heterocycles. The quantitative estimate of drug-likeness (QED) is 0.738. The molecular weight excluding hydrogens is 322 g/mol. The van der Waals surface area contributed by atoms with Crippen LogP contribution in [0.15, 0.2) is 24.4 Å². The zero-order valence-corrected chi connectivity index (χ0v) is 14.4. The Morgan fingerprint density at radius 1 is 1.36 bits per heavy atom. The van der Waals surface area contributed by atoms with E-state index in [1.54, 1.807) is 16.6 Å². The highest BCUT2D eigenvalue weighted by atomic mass is 16.3. The van der Waals surface area contributed by atoms with Crippen LogP contribution in [0.3, 0.4) is 0 Å². The number of aliphatic hydroxyl groups excluding tert-OH is 1. The van der Waals surface area contributed by atoms with Crippen molar-refractivity contribution < 1.29 is 14.7 Å². The predicted molar refractivity (Wildman–Crippen MR) is 92.7 cm³/mol. The van der Waals surface area contributed by atoms with Gasteiger partial charge in [0, 0.05) is 57.7 Å². The van der Waals surface area contributed by atoms with Gasteiger partial charge in [0.05, 0.1) is 11.6 Å². The first-order valence-corrected chi connectivity index (χ1v) is 8.30. The molecule has 1 aromatic carbocycles. The molecule has 8 heteroatoms. The average Bonchev–Trinajstić information content (AvgIpc) is 3.14. The molecule has 8 nitrogen and oxygen atoms in total. The van der Waals surface area contributed by atoms with Crippen LogP contribution in [0.1, 0.15) is 12.0 Å². The molecule has 0 radical (unpaired) electrons. The number of hydrogen-bond acceptors (Lipinski definition) is 4. The van der Waals surface area contributed by atoms with Crippen molar-refractivity contribution in [2.45, 2.75) is 19.1 Å². The van der Waals surface area contributed by atoms with Crippen molar-refractivity contribution >= 4 is 22.8 Å². The third-order valence-electron chi connectivity index (χ3n) is 4.55. The second-order valence-electron chi connectivity index (χ2n) is 6.46. The summed E-state index contributed by atoms with van der Waals surface area (Å²) in [5.41, 5.74) is 1.85. The normalized spacial score (nSPS) is 20.0. The third kappa shape index (κ3) is 3.90. The maximum atomic E-state index is 12.3. The average molecular weight is 345 g/mol. The number of aliphatic hydroxyl groups is 1. The van der Waals surface area contributed by atoms with Gasteiger partial charge in [0.1, 0.15) is 0 Å². The number of carbonyl (C=O) groups is 2.